The second-order valence-electron chi connectivity index (χ2n) is 5.91. The summed E-state index contributed by atoms with van der Waals surface area (Å²) >= 11 is 0. The van der Waals surface area contributed by atoms with Gasteiger partial charge < -0.3 is 10.2 Å². The zero-order valence-electron chi connectivity index (χ0n) is 12.2. The minimum atomic E-state index is 0.502. The number of hydrogen-bond acceptors (Lipinski definition) is 3. The lowest BCUT2D eigenvalue weighted by molar-refractivity contribution is 0.101. The molecule has 2 N–H and O–H groups in total. The Kier molecular flexibility index (Phi) is 4.08. The van der Waals surface area contributed by atoms with Crippen LogP contribution in [0.15, 0.2) is 34.7 Å². The first-order valence-corrected chi connectivity index (χ1v) is 7.71. The van der Waals surface area contributed by atoms with Crippen molar-refractivity contribution in [3.8, 4) is 0 Å². The normalized spacial score (nSPS) is 24.3. The lowest BCUT2D eigenvalue weighted by Gasteiger charge is -2.38. The molecule has 1 fully saturated rings. The van der Waals surface area contributed by atoms with Crippen LogP contribution in [0.3, 0.4) is 0 Å². The summed E-state index contributed by atoms with van der Waals surface area (Å²) in [5, 5.41) is 1.19. The third-order valence-corrected chi connectivity index (χ3v) is 4.63. The van der Waals surface area contributed by atoms with Crippen LogP contribution in [0.25, 0.3) is 11.0 Å². The van der Waals surface area contributed by atoms with E-state index in [9.17, 15) is 0 Å². The number of benzene rings is 1. The average molecular weight is 272 g/mol. The van der Waals surface area contributed by atoms with Crippen LogP contribution >= 0.6 is 0 Å². The monoisotopic (exact) mass is 272 g/mol. The van der Waals surface area contributed by atoms with E-state index >= 15 is 0 Å². The first kappa shape index (κ1) is 13.7. The minimum absolute atomic E-state index is 0.502. The SMILES string of the molecule is CCC1CCN(Cc2cc3ccccc3o2)C(CN)C1. The van der Waals surface area contributed by atoms with Crippen LogP contribution in [0, 0.1) is 5.92 Å². The molecule has 1 aliphatic rings. The molecule has 0 saturated carbocycles. The molecule has 0 bridgehead atoms. The average Bonchev–Trinajstić information content (AvgIpc) is 2.90. The zero-order valence-corrected chi connectivity index (χ0v) is 12.2. The van der Waals surface area contributed by atoms with Gasteiger partial charge in [0.2, 0.25) is 0 Å². The molecule has 2 atom stereocenters. The molecule has 0 aliphatic carbocycles. The van der Waals surface area contributed by atoms with Gasteiger partial charge in [-0.1, -0.05) is 31.5 Å². The van der Waals surface area contributed by atoms with Gasteiger partial charge in [0.05, 0.1) is 6.54 Å². The molecule has 1 aliphatic heterocycles. The van der Waals surface area contributed by atoms with E-state index in [1.54, 1.807) is 0 Å². The van der Waals surface area contributed by atoms with Crippen molar-refractivity contribution in [1.29, 1.82) is 0 Å². The summed E-state index contributed by atoms with van der Waals surface area (Å²) in [4.78, 5) is 2.49. The largest absolute Gasteiger partial charge is 0.460 e. The predicted octanol–water partition coefficient (Wildman–Crippen LogP) is 3.38. The number of piperidine rings is 1. The van der Waals surface area contributed by atoms with Gasteiger partial charge in [-0.3, -0.25) is 4.90 Å². The summed E-state index contributed by atoms with van der Waals surface area (Å²) in [5.41, 5.74) is 6.95. The highest BCUT2D eigenvalue weighted by Gasteiger charge is 2.27. The van der Waals surface area contributed by atoms with Gasteiger partial charge >= 0.3 is 0 Å². The maximum Gasteiger partial charge on any atom is 0.134 e. The molecule has 0 spiro atoms. The fraction of sp³-hybridized carbons (Fsp3) is 0.529. The second kappa shape index (κ2) is 5.98. The van der Waals surface area contributed by atoms with E-state index in [0.717, 1.165) is 36.9 Å². The van der Waals surface area contributed by atoms with Crippen LogP contribution in [0.5, 0.6) is 0 Å². The van der Waals surface area contributed by atoms with Crippen molar-refractivity contribution in [2.45, 2.75) is 38.8 Å². The molecule has 0 radical (unpaired) electrons. The van der Waals surface area contributed by atoms with Crippen molar-refractivity contribution in [2.24, 2.45) is 11.7 Å². The van der Waals surface area contributed by atoms with Crippen molar-refractivity contribution in [3.05, 3.63) is 36.1 Å². The molecular weight excluding hydrogens is 248 g/mol. The van der Waals surface area contributed by atoms with Crippen molar-refractivity contribution >= 4 is 11.0 Å². The predicted molar refractivity (Wildman–Crippen MR) is 82.5 cm³/mol. The number of fused-ring (bicyclic) bond motifs is 1. The molecule has 20 heavy (non-hydrogen) atoms. The Labute approximate surface area is 120 Å². The van der Waals surface area contributed by atoms with Crippen LogP contribution in [-0.4, -0.2) is 24.0 Å². The van der Waals surface area contributed by atoms with E-state index in [2.05, 4.69) is 30.0 Å². The fourth-order valence-corrected chi connectivity index (χ4v) is 3.32. The molecule has 108 valence electrons. The first-order valence-electron chi connectivity index (χ1n) is 7.71. The highest BCUT2D eigenvalue weighted by Crippen LogP contribution is 2.27. The quantitative estimate of drug-likeness (QED) is 0.927. The Morgan fingerprint density at radius 2 is 2.20 bits per heavy atom. The number of nitrogens with two attached hydrogens (primary N) is 1. The van der Waals surface area contributed by atoms with Crippen molar-refractivity contribution in [1.82, 2.24) is 4.90 Å². The van der Waals surface area contributed by atoms with E-state index in [1.807, 2.05) is 12.1 Å². The van der Waals surface area contributed by atoms with E-state index < -0.39 is 0 Å². The van der Waals surface area contributed by atoms with Crippen LogP contribution < -0.4 is 5.73 Å². The van der Waals surface area contributed by atoms with Gasteiger partial charge in [-0.05, 0) is 37.4 Å². The summed E-state index contributed by atoms with van der Waals surface area (Å²) in [6, 6.07) is 10.9. The van der Waals surface area contributed by atoms with E-state index in [0.29, 0.717) is 6.04 Å². The lowest BCUT2D eigenvalue weighted by Crippen LogP contribution is -2.45. The Morgan fingerprint density at radius 3 is 2.95 bits per heavy atom. The minimum Gasteiger partial charge on any atom is -0.460 e. The number of nitrogens with zero attached hydrogens (tertiary/aromatic N) is 1. The number of hydrogen-bond donors (Lipinski definition) is 1. The summed E-state index contributed by atoms with van der Waals surface area (Å²) < 4.78 is 5.93. The third-order valence-electron chi connectivity index (χ3n) is 4.63. The lowest BCUT2D eigenvalue weighted by atomic mass is 9.89. The van der Waals surface area contributed by atoms with Crippen LogP contribution in [-0.2, 0) is 6.54 Å². The van der Waals surface area contributed by atoms with Gasteiger partial charge in [0.15, 0.2) is 0 Å². The van der Waals surface area contributed by atoms with Crippen molar-refractivity contribution < 1.29 is 4.42 Å². The van der Waals surface area contributed by atoms with Gasteiger partial charge in [-0.15, -0.1) is 0 Å². The first-order chi connectivity index (χ1) is 9.80. The van der Waals surface area contributed by atoms with Crippen LogP contribution in [0.4, 0.5) is 0 Å². The highest BCUT2D eigenvalue weighted by atomic mass is 16.3. The van der Waals surface area contributed by atoms with Crippen molar-refractivity contribution in [2.75, 3.05) is 13.1 Å². The van der Waals surface area contributed by atoms with Gasteiger partial charge in [-0.2, -0.15) is 0 Å². The van der Waals surface area contributed by atoms with Gasteiger partial charge in [0, 0.05) is 18.0 Å². The van der Waals surface area contributed by atoms with E-state index in [4.69, 9.17) is 10.2 Å². The Morgan fingerprint density at radius 1 is 1.35 bits per heavy atom. The molecule has 3 heteroatoms. The Bertz CT molecular complexity index is 530. The van der Waals surface area contributed by atoms with Crippen molar-refractivity contribution in [3.63, 3.8) is 0 Å². The highest BCUT2D eigenvalue weighted by molar-refractivity contribution is 5.77. The molecule has 2 unspecified atom stereocenters. The third kappa shape index (κ3) is 2.74. The number of para-hydroxylation sites is 1. The van der Waals surface area contributed by atoms with Gasteiger partial charge in [0.25, 0.3) is 0 Å². The standard InChI is InChI=1S/C17H24N2O/c1-2-13-7-8-19(15(9-13)11-18)12-16-10-14-5-3-4-6-17(14)20-16/h3-6,10,13,15H,2,7-9,11-12,18H2,1H3. The van der Waals surface area contributed by atoms with E-state index in [1.165, 1.54) is 24.6 Å². The summed E-state index contributed by atoms with van der Waals surface area (Å²) in [6.07, 6.45) is 3.79. The number of furan rings is 1. The smallest absolute Gasteiger partial charge is 0.134 e. The summed E-state index contributed by atoms with van der Waals surface area (Å²) in [5.74, 6) is 1.90. The maximum absolute atomic E-state index is 5.97. The molecule has 1 aromatic heterocycles. The topological polar surface area (TPSA) is 42.4 Å². The van der Waals surface area contributed by atoms with Gasteiger partial charge in [0.1, 0.15) is 11.3 Å². The van der Waals surface area contributed by atoms with Gasteiger partial charge in [-0.25, -0.2) is 0 Å². The molecule has 3 rings (SSSR count). The summed E-state index contributed by atoms with van der Waals surface area (Å²) in [6.45, 7) is 5.05. The summed E-state index contributed by atoms with van der Waals surface area (Å²) in [7, 11) is 0. The number of rotatable bonds is 4. The second-order valence-corrected chi connectivity index (χ2v) is 5.91. The molecule has 0 amide bonds. The molecular formula is C17H24N2O. The molecule has 1 aromatic carbocycles. The molecule has 1 saturated heterocycles. The van der Waals surface area contributed by atoms with Crippen LogP contribution in [0.2, 0.25) is 0 Å². The van der Waals surface area contributed by atoms with E-state index in [-0.39, 0.29) is 0 Å². The number of likely N-dealkylation sites (tertiary alicyclic amines) is 1. The zero-order chi connectivity index (χ0) is 13.9. The maximum atomic E-state index is 5.97. The molecule has 2 aromatic rings. The fourth-order valence-electron chi connectivity index (χ4n) is 3.32. The molecule has 3 nitrogen and oxygen atoms in total. The Hall–Kier alpha value is -1.32. The Balaban J connectivity index is 1.73. The van der Waals surface area contributed by atoms with Crippen LogP contribution in [0.1, 0.15) is 31.9 Å². The molecule has 2 heterocycles.